The van der Waals surface area contributed by atoms with Crippen LogP contribution in [0.2, 0.25) is 5.15 Å². The zero-order valence-electron chi connectivity index (χ0n) is 17.7. The summed E-state index contributed by atoms with van der Waals surface area (Å²) in [5.74, 6) is -0.198. The number of hydrogen-bond acceptors (Lipinski definition) is 4. The maximum absolute atomic E-state index is 11.4. The van der Waals surface area contributed by atoms with E-state index in [1.165, 1.54) is 7.11 Å². The van der Waals surface area contributed by atoms with Gasteiger partial charge in [-0.1, -0.05) is 54.1 Å². The Bertz CT molecular complexity index is 1160. The van der Waals surface area contributed by atoms with Crippen molar-refractivity contribution >= 4 is 34.6 Å². The van der Waals surface area contributed by atoms with E-state index in [4.69, 9.17) is 16.3 Å². The van der Waals surface area contributed by atoms with E-state index >= 15 is 0 Å². The average molecular weight is 443 g/mol. The molecular formula is C27H23ClN2O2. The number of carbonyl (C=O) groups excluding carboxylic acids is 1. The van der Waals surface area contributed by atoms with Crippen LogP contribution in [0.3, 0.4) is 0 Å². The van der Waals surface area contributed by atoms with E-state index in [0.717, 1.165) is 33.8 Å². The second kappa shape index (κ2) is 10.1. The van der Waals surface area contributed by atoms with Gasteiger partial charge in [0.1, 0.15) is 5.15 Å². The van der Waals surface area contributed by atoms with E-state index in [9.17, 15) is 4.79 Å². The summed E-state index contributed by atoms with van der Waals surface area (Å²) in [4.78, 5) is 17.8. The molecule has 0 fully saturated rings. The van der Waals surface area contributed by atoms with Crippen molar-refractivity contribution in [3.63, 3.8) is 0 Å². The number of anilines is 3. The summed E-state index contributed by atoms with van der Waals surface area (Å²) in [6.45, 7) is 0. The average Bonchev–Trinajstić information content (AvgIpc) is 2.85. The molecule has 4 rings (SSSR count). The fourth-order valence-corrected chi connectivity index (χ4v) is 3.65. The summed E-state index contributed by atoms with van der Waals surface area (Å²) >= 11 is 5.91. The Kier molecular flexibility index (Phi) is 6.83. The van der Waals surface area contributed by atoms with E-state index in [2.05, 4.69) is 70.5 Å². The largest absolute Gasteiger partial charge is 0.469 e. The highest BCUT2D eigenvalue weighted by Crippen LogP contribution is 2.35. The standard InChI is InChI=1S/C27H23ClN2O2/c1-32-27(31)18-9-20-7-13-24(14-8-20)30(23-5-3-2-4-6-23)25-15-10-21(11-16-25)22-12-17-26(28)29-19-22/h2-8,10-17,19H,9,18H2,1H3. The van der Waals surface area contributed by atoms with Gasteiger partial charge < -0.3 is 9.64 Å². The molecule has 4 aromatic rings. The van der Waals surface area contributed by atoms with Crippen LogP contribution < -0.4 is 4.90 Å². The van der Waals surface area contributed by atoms with Gasteiger partial charge in [0.25, 0.3) is 0 Å². The fraction of sp³-hybridized carbons (Fsp3) is 0.111. The lowest BCUT2D eigenvalue weighted by molar-refractivity contribution is -0.140. The molecule has 0 aliphatic rings. The molecule has 0 saturated carbocycles. The smallest absolute Gasteiger partial charge is 0.305 e. The molecule has 0 N–H and O–H groups in total. The number of halogens is 1. The molecule has 1 aromatic heterocycles. The number of methoxy groups -OCH3 is 1. The third-order valence-corrected chi connectivity index (χ3v) is 5.46. The first-order chi connectivity index (χ1) is 15.6. The van der Waals surface area contributed by atoms with Crippen molar-refractivity contribution < 1.29 is 9.53 Å². The highest BCUT2D eigenvalue weighted by Gasteiger charge is 2.13. The maximum atomic E-state index is 11.4. The minimum Gasteiger partial charge on any atom is -0.469 e. The lowest BCUT2D eigenvalue weighted by Crippen LogP contribution is -2.10. The normalized spacial score (nSPS) is 10.6. The van der Waals surface area contributed by atoms with E-state index < -0.39 is 0 Å². The molecule has 0 atom stereocenters. The van der Waals surface area contributed by atoms with Crippen LogP contribution in [0.15, 0.2) is 97.2 Å². The zero-order valence-corrected chi connectivity index (χ0v) is 18.5. The van der Waals surface area contributed by atoms with Gasteiger partial charge in [-0.3, -0.25) is 4.79 Å². The van der Waals surface area contributed by atoms with Crippen molar-refractivity contribution in [2.24, 2.45) is 0 Å². The van der Waals surface area contributed by atoms with Crippen molar-refractivity contribution in [1.82, 2.24) is 4.98 Å². The maximum Gasteiger partial charge on any atom is 0.305 e. The summed E-state index contributed by atoms with van der Waals surface area (Å²) in [6.07, 6.45) is 2.81. The third kappa shape index (κ3) is 5.16. The van der Waals surface area contributed by atoms with Crippen molar-refractivity contribution in [2.45, 2.75) is 12.8 Å². The lowest BCUT2D eigenvalue weighted by atomic mass is 10.1. The van der Waals surface area contributed by atoms with Crippen molar-refractivity contribution in [3.05, 3.63) is 108 Å². The summed E-state index contributed by atoms with van der Waals surface area (Å²) in [7, 11) is 1.41. The van der Waals surface area contributed by atoms with Crippen molar-refractivity contribution in [1.29, 1.82) is 0 Å². The Morgan fingerprint density at radius 1 is 0.812 bits per heavy atom. The number of hydrogen-bond donors (Lipinski definition) is 0. The molecule has 4 nitrogen and oxygen atoms in total. The molecule has 0 bridgehead atoms. The monoisotopic (exact) mass is 442 g/mol. The first kappa shape index (κ1) is 21.6. The van der Waals surface area contributed by atoms with E-state index in [1.54, 1.807) is 12.3 Å². The predicted octanol–water partition coefficient (Wildman–Crippen LogP) is 6.98. The predicted molar refractivity (Wildman–Crippen MR) is 130 cm³/mol. The number of esters is 1. The molecule has 0 aliphatic carbocycles. The van der Waals surface area contributed by atoms with Gasteiger partial charge in [-0.05, 0) is 66.1 Å². The van der Waals surface area contributed by atoms with Gasteiger partial charge in [0.15, 0.2) is 0 Å². The summed E-state index contributed by atoms with van der Waals surface area (Å²) in [5, 5.41) is 0.482. The number of nitrogens with zero attached hydrogens (tertiary/aromatic N) is 2. The Balaban J connectivity index is 1.63. The van der Waals surface area contributed by atoms with Crippen molar-refractivity contribution in [2.75, 3.05) is 12.0 Å². The molecule has 160 valence electrons. The van der Waals surface area contributed by atoms with Crippen LogP contribution in [0.4, 0.5) is 17.1 Å². The van der Waals surface area contributed by atoms with Gasteiger partial charge in [-0.25, -0.2) is 4.98 Å². The molecule has 1 heterocycles. The highest BCUT2D eigenvalue weighted by molar-refractivity contribution is 6.29. The van der Waals surface area contributed by atoms with E-state index in [1.807, 2.05) is 24.3 Å². The zero-order chi connectivity index (χ0) is 22.3. The Morgan fingerprint density at radius 2 is 1.41 bits per heavy atom. The molecule has 0 saturated heterocycles. The van der Waals surface area contributed by atoms with Crippen LogP contribution in [-0.2, 0) is 16.0 Å². The molecular weight excluding hydrogens is 420 g/mol. The van der Waals surface area contributed by atoms with Crippen LogP contribution in [-0.4, -0.2) is 18.1 Å². The number of rotatable bonds is 7. The van der Waals surface area contributed by atoms with Gasteiger partial charge in [-0.2, -0.15) is 0 Å². The fourth-order valence-electron chi connectivity index (χ4n) is 3.53. The molecule has 3 aromatic carbocycles. The Morgan fingerprint density at radius 3 is 2.00 bits per heavy atom. The number of pyridine rings is 1. The van der Waals surface area contributed by atoms with E-state index in [0.29, 0.717) is 18.0 Å². The van der Waals surface area contributed by atoms with Crippen LogP contribution in [0.1, 0.15) is 12.0 Å². The highest BCUT2D eigenvalue weighted by atomic mass is 35.5. The summed E-state index contributed by atoms with van der Waals surface area (Å²) < 4.78 is 4.74. The van der Waals surface area contributed by atoms with Crippen LogP contribution in [0, 0.1) is 0 Å². The van der Waals surface area contributed by atoms with Crippen LogP contribution in [0.5, 0.6) is 0 Å². The molecule has 0 aliphatic heterocycles. The summed E-state index contributed by atoms with van der Waals surface area (Å²) in [6, 6.07) is 30.6. The van der Waals surface area contributed by atoms with Gasteiger partial charge in [-0.15, -0.1) is 0 Å². The first-order valence-electron chi connectivity index (χ1n) is 10.4. The van der Waals surface area contributed by atoms with Gasteiger partial charge in [0.05, 0.1) is 7.11 Å². The molecule has 5 heteroatoms. The molecule has 0 amide bonds. The number of carbonyl (C=O) groups is 1. The molecule has 0 unspecified atom stereocenters. The van der Waals surface area contributed by atoms with Gasteiger partial charge in [0.2, 0.25) is 0 Å². The molecule has 32 heavy (non-hydrogen) atoms. The van der Waals surface area contributed by atoms with Crippen molar-refractivity contribution in [3.8, 4) is 11.1 Å². The van der Waals surface area contributed by atoms with Gasteiger partial charge in [0, 0.05) is 35.2 Å². The second-order valence-electron chi connectivity index (χ2n) is 7.33. The number of para-hydroxylation sites is 1. The Hall–Kier alpha value is -3.63. The SMILES string of the molecule is COC(=O)CCc1ccc(N(c2ccccc2)c2ccc(-c3ccc(Cl)nc3)cc2)cc1. The number of aromatic nitrogens is 1. The minimum absolute atomic E-state index is 0.198. The summed E-state index contributed by atoms with van der Waals surface area (Å²) in [5.41, 5.74) is 6.34. The lowest BCUT2D eigenvalue weighted by Gasteiger charge is -2.26. The van der Waals surface area contributed by atoms with Crippen LogP contribution >= 0.6 is 11.6 Å². The number of aryl methyl sites for hydroxylation is 1. The first-order valence-corrected chi connectivity index (χ1v) is 10.7. The number of ether oxygens (including phenoxy) is 1. The third-order valence-electron chi connectivity index (χ3n) is 5.24. The Labute approximate surface area is 193 Å². The topological polar surface area (TPSA) is 42.4 Å². The minimum atomic E-state index is -0.198. The quantitative estimate of drug-likeness (QED) is 0.229. The second-order valence-corrected chi connectivity index (χ2v) is 7.72. The van der Waals surface area contributed by atoms with Gasteiger partial charge >= 0.3 is 5.97 Å². The van der Waals surface area contributed by atoms with Crippen LogP contribution in [0.25, 0.3) is 11.1 Å². The molecule has 0 radical (unpaired) electrons. The number of benzene rings is 3. The molecule has 0 spiro atoms. The van der Waals surface area contributed by atoms with E-state index in [-0.39, 0.29) is 5.97 Å².